The number of para-hydroxylation sites is 1. The van der Waals surface area contributed by atoms with Gasteiger partial charge in [0.15, 0.2) is 0 Å². The van der Waals surface area contributed by atoms with E-state index >= 15 is 0 Å². The second-order valence-electron chi connectivity index (χ2n) is 5.93. The van der Waals surface area contributed by atoms with Crippen molar-refractivity contribution >= 4 is 23.2 Å². The number of aryl methyl sites for hydroxylation is 2. The van der Waals surface area contributed by atoms with E-state index in [4.69, 9.17) is 11.6 Å². The second-order valence-corrected chi connectivity index (χ2v) is 6.33. The Morgan fingerprint density at radius 2 is 1.74 bits per heavy atom. The highest BCUT2D eigenvalue weighted by Crippen LogP contribution is 2.26. The third kappa shape index (κ3) is 4.34. The van der Waals surface area contributed by atoms with Crippen LogP contribution in [0.1, 0.15) is 29.7 Å². The smallest absolute Gasteiger partial charge is 0.238 e. The van der Waals surface area contributed by atoms with Crippen LogP contribution in [0.3, 0.4) is 0 Å². The van der Waals surface area contributed by atoms with Crippen molar-refractivity contribution < 1.29 is 4.79 Å². The number of amides is 1. The molecule has 0 fully saturated rings. The molecule has 1 amide bonds. The van der Waals surface area contributed by atoms with Crippen molar-refractivity contribution in [3.05, 3.63) is 64.2 Å². The lowest BCUT2D eigenvalue weighted by atomic mass is 10.1. The first-order valence-corrected chi connectivity index (χ1v) is 8.08. The zero-order valence-electron chi connectivity index (χ0n) is 14.1. The molecule has 23 heavy (non-hydrogen) atoms. The van der Waals surface area contributed by atoms with Gasteiger partial charge in [0, 0.05) is 16.8 Å². The molecule has 0 spiro atoms. The van der Waals surface area contributed by atoms with Crippen molar-refractivity contribution in [3.63, 3.8) is 0 Å². The molecule has 0 heterocycles. The van der Waals surface area contributed by atoms with Crippen molar-refractivity contribution in [2.45, 2.75) is 26.8 Å². The summed E-state index contributed by atoms with van der Waals surface area (Å²) >= 11 is 6.24. The maximum Gasteiger partial charge on any atom is 0.238 e. The molecule has 1 N–H and O–H groups in total. The molecular formula is C19H23ClN2O. The number of hydrogen-bond donors (Lipinski definition) is 1. The first-order chi connectivity index (χ1) is 10.9. The Balaban J connectivity index is 2.04. The summed E-state index contributed by atoms with van der Waals surface area (Å²) in [5, 5.41) is 3.74. The van der Waals surface area contributed by atoms with Crippen LogP contribution >= 0.6 is 11.6 Å². The van der Waals surface area contributed by atoms with E-state index in [-0.39, 0.29) is 11.9 Å². The normalized spacial score (nSPS) is 12.3. The highest BCUT2D eigenvalue weighted by molar-refractivity contribution is 6.31. The summed E-state index contributed by atoms with van der Waals surface area (Å²) in [6, 6.07) is 13.8. The number of anilines is 1. The molecule has 0 aliphatic carbocycles. The molecule has 0 bridgehead atoms. The molecule has 0 radical (unpaired) electrons. The van der Waals surface area contributed by atoms with Crippen LogP contribution in [0.15, 0.2) is 42.5 Å². The minimum Gasteiger partial charge on any atom is -0.324 e. The van der Waals surface area contributed by atoms with Gasteiger partial charge in [-0.05, 0) is 50.6 Å². The van der Waals surface area contributed by atoms with Gasteiger partial charge in [-0.25, -0.2) is 0 Å². The first-order valence-electron chi connectivity index (χ1n) is 7.71. The van der Waals surface area contributed by atoms with Crippen LogP contribution in [0.25, 0.3) is 0 Å². The van der Waals surface area contributed by atoms with E-state index in [2.05, 4.69) is 5.32 Å². The van der Waals surface area contributed by atoms with Crippen LogP contribution < -0.4 is 5.32 Å². The van der Waals surface area contributed by atoms with Gasteiger partial charge in [-0.1, -0.05) is 48.0 Å². The molecule has 1 atom stereocenters. The maximum atomic E-state index is 12.4. The summed E-state index contributed by atoms with van der Waals surface area (Å²) in [7, 11) is 1.93. The van der Waals surface area contributed by atoms with Gasteiger partial charge in [-0.15, -0.1) is 0 Å². The molecule has 2 rings (SSSR count). The van der Waals surface area contributed by atoms with Gasteiger partial charge >= 0.3 is 0 Å². The fraction of sp³-hybridized carbons (Fsp3) is 0.316. The van der Waals surface area contributed by atoms with Gasteiger partial charge in [0.2, 0.25) is 5.91 Å². The van der Waals surface area contributed by atoms with E-state index in [1.807, 2.05) is 75.2 Å². The summed E-state index contributed by atoms with van der Waals surface area (Å²) in [5.74, 6) is -0.0243. The van der Waals surface area contributed by atoms with Crippen molar-refractivity contribution in [1.29, 1.82) is 0 Å². The first kappa shape index (κ1) is 17.5. The zero-order valence-corrected chi connectivity index (χ0v) is 14.8. The lowest BCUT2D eigenvalue weighted by Crippen LogP contribution is -2.32. The molecule has 0 aliphatic rings. The summed E-state index contributed by atoms with van der Waals surface area (Å²) in [6.07, 6.45) is 0. The van der Waals surface area contributed by atoms with Crippen molar-refractivity contribution in [1.82, 2.24) is 4.90 Å². The topological polar surface area (TPSA) is 32.3 Å². The van der Waals surface area contributed by atoms with E-state index in [1.165, 1.54) is 0 Å². The molecule has 122 valence electrons. The number of likely N-dealkylation sites (N-methyl/N-ethyl adjacent to an activating group) is 1. The van der Waals surface area contributed by atoms with Crippen LogP contribution in [-0.2, 0) is 4.79 Å². The maximum absolute atomic E-state index is 12.4. The number of nitrogens with one attached hydrogen (secondary N) is 1. The summed E-state index contributed by atoms with van der Waals surface area (Å²) in [4.78, 5) is 14.4. The Bertz CT molecular complexity index is 679. The van der Waals surface area contributed by atoms with Crippen LogP contribution in [0.2, 0.25) is 5.02 Å². The molecule has 0 aliphatic heterocycles. The van der Waals surface area contributed by atoms with E-state index in [0.29, 0.717) is 6.54 Å². The average molecular weight is 331 g/mol. The quantitative estimate of drug-likeness (QED) is 0.869. The van der Waals surface area contributed by atoms with E-state index < -0.39 is 0 Å². The number of benzene rings is 2. The Morgan fingerprint density at radius 3 is 2.35 bits per heavy atom. The largest absolute Gasteiger partial charge is 0.324 e. The lowest BCUT2D eigenvalue weighted by molar-refractivity contribution is -0.117. The van der Waals surface area contributed by atoms with Crippen LogP contribution in [0, 0.1) is 13.8 Å². The Labute approximate surface area is 143 Å². The number of carbonyl (C=O) groups excluding carboxylic acids is 1. The number of carbonyl (C=O) groups is 1. The Kier molecular flexibility index (Phi) is 5.80. The SMILES string of the molecule is Cc1cccc(C)c1NC(=O)CN(C)[C@H](C)c1ccccc1Cl. The standard InChI is InChI=1S/C19H23ClN2O/c1-13-8-7-9-14(2)19(13)21-18(23)12-22(4)15(3)16-10-5-6-11-17(16)20/h5-11,15H,12H2,1-4H3,(H,21,23)/t15-/m1/s1. The number of hydrogen-bond acceptors (Lipinski definition) is 2. The second kappa shape index (κ2) is 7.62. The van der Waals surface area contributed by atoms with Gasteiger partial charge in [-0.3, -0.25) is 9.69 Å². The van der Waals surface area contributed by atoms with Crippen molar-refractivity contribution in [3.8, 4) is 0 Å². The molecule has 3 nitrogen and oxygen atoms in total. The average Bonchev–Trinajstić information content (AvgIpc) is 2.51. The monoisotopic (exact) mass is 330 g/mol. The summed E-state index contributed by atoms with van der Waals surface area (Å²) < 4.78 is 0. The van der Waals surface area contributed by atoms with Gasteiger partial charge < -0.3 is 5.32 Å². The predicted molar refractivity (Wildman–Crippen MR) is 97.0 cm³/mol. The molecule has 0 unspecified atom stereocenters. The molecule has 0 aromatic heterocycles. The molecule has 0 saturated heterocycles. The van der Waals surface area contributed by atoms with Crippen LogP contribution in [0.4, 0.5) is 5.69 Å². The number of halogens is 1. The molecule has 0 saturated carbocycles. The van der Waals surface area contributed by atoms with Gasteiger partial charge in [0.1, 0.15) is 0 Å². The molecule has 4 heteroatoms. The summed E-state index contributed by atoms with van der Waals surface area (Å²) in [6.45, 7) is 6.35. The zero-order chi connectivity index (χ0) is 17.0. The third-order valence-corrected chi connectivity index (χ3v) is 4.50. The fourth-order valence-corrected chi connectivity index (χ4v) is 2.90. The van der Waals surface area contributed by atoms with Gasteiger partial charge in [0.05, 0.1) is 6.54 Å². The Morgan fingerprint density at radius 1 is 1.13 bits per heavy atom. The predicted octanol–water partition coefficient (Wildman–Crippen LogP) is 4.59. The van der Waals surface area contributed by atoms with Crippen molar-refractivity contribution in [2.75, 3.05) is 18.9 Å². The molecule has 2 aromatic rings. The van der Waals surface area contributed by atoms with Crippen molar-refractivity contribution in [2.24, 2.45) is 0 Å². The van der Waals surface area contributed by atoms with E-state index in [0.717, 1.165) is 27.4 Å². The minimum atomic E-state index is -0.0243. The number of nitrogens with zero attached hydrogens (tertiary/aromatic N) is 1. The highest BCUT2D eigenvalue weighted by Gasteiger charge is 2.17. The van der Waals surface area contributed by atoms with Gasteiger partial charge in [0.25, 0.3) is 0 Å². The van der Waals surface area contributed by atoms with E-state index in [1.54, 1.807) is 0 Å². The Hall–Kier alpha value is -1.84. The molecular weight excluding hydrogens is 308 g/mol. The highest BCUT2D eigenvalue weighted by atomic mass is 35.5. The minimum absolute atomic E-state index is 0.0243. The van der Waals surface area contributed by atoms with Crippen LogP contribution in [-0.4, -0.2) is 24.4 Å². The number of rotatable bonds is 5. The van der Waals surface area contributed by atoms with Crippen LogP contribution in [0.5, 0.6) is 0 Å². The van der Waals surface area contributed by atoms with Gasteiger partial charge in [-0.2, -0.15) is 0 Å². The summed E-state index contributed by atoms with van der Waals surface area (Å²) in [5.41, 5.74) is 4.06. The lowest BCUT2D eigenvalue weighted by Gasteiger charge is -2.25. The van der Waals surface area contributed by atoms with E-state index in [9.17, 15) is 4.79 Å². The molecule has 2 aromatic carbocycles. The third-order valence-electron chi connectivity index (χ3n) is 4.16. The fourth-order valence-electron chi connectivity index (χ4n) is 2.61.